The monoisotopic (exact) mass is 400 g/mol. The molecule has 0 radical (unpaired) electrons. The van der Waals surface area contributed by atoms with Crippen LogP contribution in [0.25, 0.3) is 6.08 Å². The van der Waals surface area contributed by atoms with Crippen molar-refractivity contribution in [1.82, 2.24) is 4.90 Å². The van der Waals surface area contributed by atoms with Crippen molar-refractivity contribution in [1.29, 1.82) is 0 Å². The average molecular weight is 401 g/mol. The number of carbonyl (C=O) groups excluding carboxylic acids is 1. The van der Waals surface area contributed by atoms with Gasteiger partial charge in [0, 0.05) is 29.2 Å². The molecular weight excluding hydrogens is 380 g/mol. The third-order valence-electron chi connectivity index (χ3n) is 4.04. The molecule has 140 valence electrons. The molecule has 1 fully saturated rings. The zero-order valence-corrected chi connectivity index (χ0v) is 16.9. The van der Waals surface area contributed by atoms with Crippen molar-refractivity contribution < 1.29 is 9.53 Å². The average Bonchev–Trinajstić information content (AvgIpc) is 2.97. The summed E-state index contributed by atoms with van der Waals surface area (Å²) in [4.78, 5) is 19.4. The number of amidine groups is 1. The molecule has 0 spiro atoms. The summed E-state index contributed by atoms with van der Waals surface area (Å²) in [5, 5.41) is 1.43. The molecule has 0 unspecified atom stereocenters. The van der Waals surface area contributed by atoms with E-state index in [9.17, 15) is 4.79 Å². The number of carbonyl (C=O) groups is 1. The maximum absolute atomic E-state index is 12.7. The third kappa shape index (κ3) is 4.54. The molecule has 6 heteroatoms. The number of likely N-dealkylation sites (N-methyl/N-ethyl adjacent to an activating group) is 1. The zero-order chi connectivity index (χ0) is 19.2. The van der Waals surface area contributed by atoms with E-state index in [1.54, 1.807) is 4.90 Å². The second kappa shape index (κ2) is 9.11. The number of hydrogen-bond donors (Lipinski definition) is 0. The van der Waals surface area contributed by atoms with Gasteiger partial charge >= 0.3 is 0 Å². The Labute approximate surface area is 168 Å². The van der Waals surface area contributed by atoms with Gasteiger partial charge in [0.25, 0.3) is 5.91 Å². The highest BCUT2D eigenvalue weighted by atomic mass is 35.5. The first-order chi connectivity index (χ1) is 13.1. The minimum absolute atomic E-state index is 0.0180. The van der Waals surface area contributed by atoms with Gasteiger partial charge in [-0.2, -0.15) is 0 Å². The molecule has 1 amide bonds. The maximum atomic E-state index is 12.7. The molecule has 0 N–H and O–H groups in total. The Morgan fingerprint density at radius 1 is 1.15 bits per heavy atom. The van der Waals surface area contributed by atoms with Crippen molar-refractivity contribution in [3.05, 3.63) is 69.6 Å². The SMILES string of the molecule is CCN=C1S/C(=C/c2ccccc2OCc2ccccc2Cl)C(=O)N1CC. The van der Waals surface area contributed by atoms with E-state index in [4.69, 9.17) is 16.3 Å². The summed E-state index contributed by atoms with van der Waals surface area (Å²) in [7, 11) is 0. The van der Waals surface area contributed by atoms with Crippen LogP contribution in [-0.2, 0) is 11.4 Å². The van der Waals surface area contributed by atoms with Crippen LogP contribution in [0.4, 0.5) is 0 Å². The van der Waals surface area contributed by atoms with E-state index in [0.29, 0.717) is 35.4 Å². The van der Waals surface area contributed by atoms with E-state index < -0.39 is 0 Å². The summed E-state index contributed by atoms with van der Waals surface area (Å²) in [6.45, 7) is 5.53. The topological polar surface area (TPSA) is 41.9 Å². The largest absolute Gasteiger partial charge is 0.488 e. The van der Waals surface area contributed by atoms with Gasteiger partial charge in [0.05, 0.1) is 4.91 Å². The Morgan fingerprint density at radius 2 is 1.89 bits per heavy atom. The molecule has 0 aromatic heterocycles. The summed E-state index contributed by atoms with van der Waals surface area (Å²) >= 11 is 7.61. The highest BCUT2D eigenvalue weighted by Crippen LogP contribution is 2.34. The van der Waals surface area contributed by atoms with Crippen LogP contribution in [0.15, 0.2) is 58.4 Å². The van der Waals surface area contributed by atoms with Gasteiger partial charge in [-0.05, 0) is 43.8 Å². The Kier molecular flexibility index (Phi) is 6.58. The number of para-hydroxylation sites is 1. The van der Waals surface area contributed by atoms with Crippen LogP contribution in [0.3, 0.4) is 0 Å². The molecule has 0 saturated carbocycles. The summed E-state index contributed by atoms with van der Waals surface area (Å²) in [6.07, 6.45) is 1.87. The lowest BCUT2D eigenvalue weighted by Gasteiger charge is -2.12. The van der Waals surface area contributed by atoms with Gasteiger partial charge in [-0.25, -0.2) is 0 Å². The van der Waals surface area contributed by atoms with E-state index in [1.165, 1.54) is 11.8 Å². The minimum Gasteiger partial charge on any atom is -0.488 e. The standard InChI is InChI=1S/C21H21ClN2O2S/c1-3-23-21-24(4-2)20(25)19(27-21)13-15-9-6-8-12-18(15)26-14-16-10-5-7-11-17(16)22/h5-13H,3-4,14H2,1-2H3/b19-13+,23-21?. The van der Waals surface area contributed by atoms with Gasteiger partial charge in [-0.3, -0.25) is 14.7 Å². The molecule has 2 aromatic rings. The van der Waals surface area contributed by atoms with Gasteiger partial charge < -0.3 is 4.74 Å². The second-order valence-electron chi connectivity index (χ2n) is 5.83. The molecule has 1 aliphatic rings. The number of thioether (sulfide) groups is 1. The predicted molar refractivity (Wildman–Crippen MR) is 113 cm³/mol. The van der Waals surface area contributed by atoms with E-state index in [0.717, 1.165) is 16.3 Å². The van der Waals surface area contributed by atoms with Crippen molar-refractivity contribution in [2.45, 2.75) is 20.5 Å². The van der Waals surface area contributed by atoms with Crippen LogP contribution in [0, 0.1) is 0 Å². The van der Waals surface area contributed by atoms with Crippen LogP contribution in [-0.4, -0.2) is 29.1 Å². The number of benzene rings is 2. The van der Waals surface area contributed by atoms with Crippen molar-refractivity contribution >= 4 is 40.5 Å². The molecule has 1 heterocycles. The molecule has 0 aliphatic carbocycles. The Bertz CT molecular complexity index is 895. The first kappa shape index (κ1) is 19.5. The first-order valence-electron chi connectivity index (χ1n) is 8.85. The number of ether oxygens (including phenoxy) is 1. The molecular formula is C21H21ClN2O2S. The molecule has 2 aromatic carbocycles. The molecule has 1 aliphatic heterocycles. The lowest BCUT2D eigenvalue weighted by molar-refractivity contribution is -0.122. The van der Waals surface area contributed by atoms with Gasteiger partial charge in [-0.1, -0.05) is 48.0 Å². The molecule has 1 saturated heterocycles. The lowest BCUT2D eigenvalue weighted by Crippen LogP contribution is -2.28. The first-order valence-corrected chi connectivity index (χ1v) is 10.0. The Morgan fingerprint density at radius 3 is 2.63 bits per heavy atom. The van der Waals surface area contributed by atoms with Gasteiger partial charge in [-0.15, -0.1) is 0 Å². The predicted octanol–water partition coefficient (Wildman–Crippen LogP) is 5.23. The number of aliphatic imine (C=N–C) groups is 1. The molecule has 0 bridgehead atoms. The highest BCUT2D eigenvalue weighted by molar-refractivity contribution is 8.18. The lowest BCUT2D eigenvalue weighted by atomic mass is 10.1. The summed E-state index contributed by atoms with van der Waals surface area (Å²) in [6, 6.07) is 15.3. The number of amides is 1. The van der Waals surface area contributed by atoms with Crippen molar-refractivity contribution in [3.63, 3.8) is 0 Å². The third-order valence-corrected chi connectivity index (χ3v) is 5.46. The summed E-state index contributed by atoms with van der Waals surface area (Å²) < 4.78 is 5.98. The van der Waals surface area contributed by atoms with Crippen LogP contribution < -0.4 is 4.74 Å². The van der Waals surface area contributed by atoms with Gasteiger partial charge in [0.15, 0.2) is 5.17 Å². The fourth-order valence-electron chi connectivity index (χ4n) is 2.68. The van der Waals surface area contributed by atoms with Crippen LogP contribution in [0.1, 0.15) is 25.0 Å². The summed E-state index contributed by atoms with van der Waals surface area (Å²) in [5.41, 5.74) is 1.77. The number of nitrogens with zero attached hydrogens (tertiary/aromatic N) is 2. The van der Waals surface area contributed by atoms with E-state index in [-0.39, 0.29) is 5.91 Å². The Hall–Kier alpha value is -2.24. The number of halogens is 1. The minimum atomic E-state index is -0.0180. The van der Waals surface area contributed by atoms with Crippen molar-refractivity contribution in [2.24, 2.45) is 4.99 Å². The van der Waals surface area contributed by atoms with Crippen molar-refractivity contribution in [3.8, 4) is 5.75 Å². The molecule has 27 heavy (non-hydrogen) atoms. The smallest absolute Gasteiger partial charge is 0.266 e. The maximum Gasteiger partial charge on any atom is 0.266 e. The van der Waals surface area contributed by atoms with E-state index in [1.807, 2.05) is 68.5 Å². The highest BCUT2D eigenvalue weighted by Gasteiger charge is 2.32. The fraction of sp³-hybridized carbons (Fsp3) is 0.238. The zero-order valence-electron chi connectivity index (χ0n) is 15.3. The quantitative estimate of drug-likeness (QED) is 0.623. The number of hydrogen-bond acceptors (Lipinski definition) is 4. The van der Waals surface area contributed by atoms with Crippen molar-refractivity contribution in [2.75, 3.05) is 13.1 Å². The fourth-order valence-corrected chi connectivity index (χ4v) is 3.97. The van der Waals surface area contributed by atoms with Gasteiger partial charge in [0.1, 0.15) is 12.4 Å². The molecule has 4 nitrogen and oxygen atoms in total. The normalized spacial score (nSPS) is 17.1. The Balaban J connectivity index is 1.84. The van der Waals surface area contributed by atoms with Crippen LogP contribution in [0.2, 0.25) is 5.02 Å². The summed E-state index contributed by atoms with van der Waals surface area (Å²) in [5.74, 6) is 0.692. The van der Waals surface area contributed by atoms with Gasteiger partial charge in [0.2, 0.25) is 0 Å². The van der Waals surface area contributed by atoms with Crippen LogP contribution >= 0.6 is 23.4 Å². The second-order valence-corrected chi connectivity index (χ2v) is 7.25. The number of rotatable bonds is 6. The molecule has 3 rings (SSSR count). The molecule has 0 atom stereocenters. The van der Waals surface area contributed by atoms with E-state index >= 15 is 0 Å². The van der Waals surface area contributed by atoms with Crippen LogP contribution in [0.5, 0.6) is 5.75 Å². The van der Waals surface area contributed by atoms with E-state index in [2.05, 4.69) is 4.99 Å².